The predicted octanol–water partition coefficient (Wildman–Crippen LogP) is 4.08. The Morgan fingerprint density at radius 2 is 2.14 bits per heavy atom. The Kier molecular flexibility index (Phi) is 6.09. The molecule has 1 N–H and O–H groups in total. The van der Waals surface area contributed by atoms with Crippen LogP contribution >= 0.6 is 11.6 Å². The molecule has 116 valence electrons. The van der Waals surface area contributed by atoms with Gasteiger partial charge in [0.1, 0.15) is 0 Å². The molecule has 0 unspecified atom stereocenters. The van der Waals surface area contributed by atoms with Crippen molar-refractivity contribution in [3.8, 4) is 0 Å². The Morgan fingerprint density at radius 1 is 1.33 bits per heavy atom. The van der Waals surface area contributed by atoms with E-state index in [1.54, 1.807) is 0 Å². The number of ether oxygens (including phenoxy) is 1. The molecule has 1 aromatic carbocycles. The van der Waals surface area contributed by atoms with Gasteiger partial charge in [-0.1, -0.05) is 31.5 Å². The summed E-state index contributed by atoms with van der Waals surface area (Å²) < 4.78 is 7.71. The molecule has 2 rings (SSSR count). The average Bonchev–Trinajstić information content (AvgIpc) is 2.76. The number of fused-ring (bicyclic) bond motifs is 1. The molecule has 0 aliphatic carbocycles. The van der Waals surface area contributed by atoms with Crippen LogP contribution in [0.25, 0.3) is 10.9 Å². The van der Waals surface area contributed by atoms with Gasteiger partial charge >= 0.3 is 0 Å². The number of halogens is 1. The normalized spacial score (nSPS) is 11.7. The summed E-state index contributed by atoms with van der Waals surface area (Å²) in [4.78, 5) is 0. The summed E-state index contributed by atoms with van der Waals surface area (Å²) in [7, 11) is 0. The van der Waals surface area contributed by atoms with Crippen molar-refractivity contribution in [2.24, 2.45) is 5.92 Å². The fraction of sp³-hybridized carbons (Fsp3) is 0.529. The Labute approximate surface area is 132 Å². The molecule has 0 spiro atoms. The smallest absolute Gasteiger partial charge is 0.0645 e. The largest absolute Gasteiger partial charge is 0.380 e. The standard InChI is InChI=1S/C17H25ClN2O/c1-4-21-8-7-20-12-14(11-19-10-13(2)3)16-6-5-15(18)9-17(16)20/h5-6,9,12-13,19H,4,7-8,10-11H2,1-3H3. The van der Waals surface area contributed by atoms with Gasteiger partial charge in [0.05, 0.1) is 6.61 Å². The van der Waals surface area contributed by atoms with E-state index in [1.165, 1.54) is 16.5 Å². The van der Waals surface area contributed by atoms with Crippen LogP contribution in [0.4, 0.5) is 0 Å². The molecule has 0 amide bonds. The third kappa shape index (κ3) is 4.47. The maximum Gasteiger partial charge on any atom is 0.0645 e. The molecule has 1 aromatic heterocycles. The molecule has 4 heteroatoms. The van der Waals surface area contributed by atoms with E-state index in [0.717, 1.165) is 37.9 Å². The van der Waals surface area contributed by atoms with Crippen LogP contribution < -0.4 is 5.32 Å². The lowest BCUT2D eigenvalue weighted by atomic mass is 10.1. The molecule has 0 fully saturated rings. The highest BCUT2D eigenvalue weighted by Crippen LogP contribution is 2.25. The lowest BCUT2D eigenvalue weighted by Crippen LogP contribution is -2.18. The number of benzene rings is 1. The first-order valence-electron chi connectivity index (χ1n) is 7.67. The first kappa shape index (κ1) is 16.3. The molecule has 0 saturated heterocycles. The highest BCUT2D eigenvalue weighted by Gasteiger charge is 2.09. The van der Waals surface area contributed by atoms with Gasteiger partial charge in [0.25, 0.3) is 0 Å². The summed E-state index contributed by atoms with van der Waals surface area (Å²) in [5, 5.41) is 5.56. The number of nitrogens with zero attached hydrogens (tertiary/aromatic N) is 1. The van der Waals surface area contributed by atoms with Gasteiger partial charge in [0, 0.05) is 41.8 Å². The Bertz CT molecular complexity index is 577. The first-order chi connectivity index (χ1) is 10.1. The van der Waals surface area contributed by atoms with Crippen LogP contribution in [0.2, 0.25) is 5.02 Å². The van der Waals surface area contributed by atoms with Crippen molar-refractivity contribution in [1.82, 2.24) is 9.88 Å². The van der Waals surface area contributed by atoms with Crippen molar-refractivity contribution in [2.75, 3.05) is 19.8 Å². The van der Waals surface area contributed by atoms with Gasteiger partial charge in [-0.25, -0.2) is 0 Å². The van der Waals surface area contributed by atoms with Crippen LogP contribution in [0.3, 0.4) is 0 Å². The van der Waals surface area contributed by atoms with Gasteiger partial charge in [0.2, 0.25) is 0 Å². The zero-order chi connectivity index (χ0) is 15.2. The third-order valence-corrected chi connectivity index (χ3v) is 3.71. The van der Waals surface area contributed by atoms with Crippen LogP contribution in [-0.4, -0.2) is 24.3 Å². The van der Waals surface area contributed by atoms with Crippen LogP contribution in [0.1, 0.15) is 26.3 Å². The first-order valence-corrected chi connectivity index (χ1v) is 8.05. The van der Waals surface area contributed by atoms with E-state index < -0.39 is 0 Å². The topological polar surface area (TPSA) is 26.2 Å². The van der Waals surface area contributed by atoms with Crippen molar-refractivity contribution in [2.45, 2.75) is 33.9 Å². The molecule has 0 aliphatic rings. The summed E-state index contributed by atoms with van der Waals surface area (Å²) in [6.07, 6.45) is 2.22. The van der Waals surface area contributed by atoms with E-state index in [0.29, 0.717) is 5.92 Å². The fourth-order valence-corrected chi connectivity index (χ4v) is 2.64. The lowest BCUT2D eigenvalue weighted by molar-refractivity contribution is 0.140. The third-order valence-electron chi connectivity index (χ3n) is 3.48. The second-order valence-electron chi connectivity index (χ2n) is 5.73. The predicted molar refractivity (Wildman–Crippen MR) is 90.0 cm³/mol. The number of hydrogen-bond donors (Lipinski definition) is 1. The number of hydrogen-bond acceptors (Lipinski definition) is 2. The minimum absolute atomic E-state index is 0.658. The van der Waals surface area contributed by atoms with E-state index in [2.05, 4.69) is 36.0 Å². The second kappa shape index (κ2) is 7.83. The summed E-state index contributed by atoms with van der Waals surface area (Å²) in [6.45, 7) is 10.7. The molecular weight excluding hydrogens is 284 g/mol. The van der Waals surface area contributed by atoms with Crippen LogP contribution in [0, 0.1) is 5.92 Å². The summed E-state index contributed by atoms with van der Waals surface area (Å²) in [5.41, 5.74) is 2.50. The van der Waals surface area contributed by atoms with E-state index in [9.17, 15) is 0 Å². The van der Waals surface area contributed by atoms with Crippen molar-refractivity contribution < 1.29 is 4.74 Å². The second-order valence-corrected chi connectivity index (χ2v) is 6.17. The Hall–Kier alpha value is -1.03. The van der Waals surface area contributed by atoms with Gasteiger partial charge in [0.15, 0.2) is 0 Å². The molecule has 3 nitrogen and oxygen atoms in total. The molecule has 0 radical (unpaired) electrons. The van der Waals surface area contributed by atoms with Gasteiger partial charge in [-0.05, 0) is 37.1 Å². The van der Waals surface area contributed by atoms with Crippen LogP contribution in [0.5, 0.6) is 0 Å². The highest BCUT2D eigenvalue weighted by molar-refractivity contribution is 6.31. The minimum Gasteiger partial charge on any atom is -0.380 e. The van der Waals surface area contributed by atoms with Gasteiger partial charge in [-0.15, -0.1) is 0 Å². The average molecular weight is 309 g/mol. The molecular formula is C17H25ClN2O. The molecule has 0 bridgehead atoms. The summed E-state index contributed by atoms with van der Waals surface area (Å²) in [6, 6.07) is 6.11. The van der Waals surface area contributed by atoms with Crippen molar-refractivity contribution in [3.63, 3.8) is 0 Å². The molecule has 21 heavy (non-hydrogen) atoms. The highest BCUT2D eigenvalue weighted by atomic mass is 35.5. The number of aromatic nitrogens is 1. The van der Waals surface area contributed by atoms with Gasteiger partial charge in [-0.3, -0.25) is 0 Å². The molecule has 1 heterocycles. The lowest BCUT2D eigenvalue weighted by Gasteiger charge is -2.06. The maximum absolute atomic E-state index is 6.15. The molecule has 0 aliphatic heterocycles. The van der Waals surface area contributed by atoms with Crippen molar-refractivity contribution in [3.05, 3.63) is 35.0 Å². The molecule has 2 aromatic rings. The molecule has 0 saturated carbocycles. The summed E-state index contributed by atoms with van der Waals surface area (Å²) in [5.74, 6) is 0.658. The van der Waals surface area contributed by atoms with Gasteiger partial charge in [-0.2, -0.15) is 0 Å². The van der Waals surface area contributed by atoms with Crippen LogP contribution in [0.15, 0.2) is 24.4 Å². The minimum atomic E-state index is 0.658. The Morgan fingerprint density at radius 3 is 2.86 bits per heavy atom. The quantitative estimate of drug-likeness (QED) is 0.744. The SMILES string of the molecule is CCOCCn1cc(CNCC(C)C)c2ccc(Cl)cc21. The van der Waals surface area contributed by atoms with E-state index in [4.69, 9.17) is 16.3 Å². The van der Waals surface area contributed by atoms with Crippen LogP contribution in [-0.2, 0) is 17.8 Å². The zero-order valence-corrected chi connectivity index (χ0v) is 13.9. The van der Waals surface area contributed by atoms with E-state index in [-0.39, 0.29) is 0 Å². The van der Waals surface area contributed by atoms with Crippen molar-refractivity contribution in [1.29, 1.82) is 0 Å². The van der Waals surface area contributed by atoms with Gasteiger partial charge < -0.3 is 14.6 Å². The summed E-state index contributed by atoms with van der Waals surface area (Å²) >= 11 is 6.15. The fourth-order valence-electron chi connectivity index (χ4n) is 2.47. The van der Waals surface area contributed by atoms with Crippen molar-refractivity contribution >= 4 is 22.5 Å². The van der Waals surface area contributed by atoms with E-state index >= 15 is 0 Å². The number of rotatable bonds is 8. The Balaban J connectivity index is 2.20. The zero-order valence-electron chi connectivity index (χ0n) is 13.2. The molecule has 0 atom stereocenters. The maximum atomic E-state index is 6.15. The number of nitrogens with one attached hydrogen (secondary N) is 1. The van der Waals surface area contributed by atoms with E-state index in [1.807, 2.05) is 19.1 Å². The monoisotopic (exact) mass is 308 g/mol.